The fraction of sp³-hybridized carbons (Fsp3) is 0.891. The molecule has 2 N–H and O–H groups in total. The van der Waals surface area contributed by atoms with Gasteiger partial charge in [-0.2, -0.15) is 0 Å². The summed E-state index contributed by atoms with van der Waals surface area (Å²) < 4.78 is 35.2. The minimum atomic E-state index is -2.20. The van der Waals surface area contributed by atoms with Gasteiger partial charge in [-0.05, 0) is 70.0 Å². The lowest BCUT2D eigenvalue weighted by Crippen LogP contribution is -2.66. The molecule has 0 aromatic heterocycles. The zero-order valence-electron chi connectivity index (χ0n) is 38.4. The van der Waals surface area contributed by atoms with Gasteiger partial charge < -0.3 is 38.5 Å². The molecule has 0 bridgehead atoms. The molecule has 0 saturated carbocycles. The lowest BCUT2D eigenvalue weighted by atomic mass is 9.96. The summed E-state index contributed by atoms with van der Waals surface area (Å²) in [5.41, 5.74) is 0. The fourth-order valence-corrected chi connectivity index (χ4v) is 7.91. The Hall–Kier alpha value is -0.563. The smallest absolute Gasteiger partial charge is 0.407 e. The first-order chi connectivity index (χ1) is 28.1. The standard InChI is InChI=1S/C46H86Cl3NO8Si/c1-9-12-14-16-18-20-21-22-24-26-28-30-34-53-38(31-29-27-25-23-19-17-15-13-10-2)32-35-54-42-40(50-44(52)56-37-46(47,48)49)43(55-33-11-3)58-39(41(42)51)36-57-59(7,8)45(4,5)6/h11,20-21,33,38-43,51H,9-10,12-19,22-32,34-37H2,1-8H3,(H,50,52)/b21-20-,33-11?/t38-,39-,40-,41-,42-,43-/m1/s1. The second kappa shape index (κ2) is 33.0. The van der Waals surface area contributed by atoms with Crippen LogP contribution in [0, 0.1) is 0 Å². The van der Waals surface area contributed by atoms with Gasteiger partial charge in [0, 0.05) is 13.2 Å². The molecular formula is C46H86Cl3NO8Si. The van der Waals surface area contributed by atoms with Gasteiger partial charge in [0.25, 0.3) is 0 Å². The number of carbonyl (C=O) groups is 1. The van der Waals surface area contributed by atoms with Crippen molar-refractivity contribution in [2.24, 2.45) is 0 Å². The molecule has 0 unspecified atom stereocenters. The third-order valence-corrected chi connectivity index (χ3v) is 16.3. The molecule has 1 amide bonds. The highest BCUT2D eigenvalue weighted by molar-refractivity contribution is 6.74. The van der Waals surface area contributed by atoms with Crippen LogP contribution >= 0.6 is 34.8 Å². The van der Waals surface area contributed by atoms with Crippen LogP contribution in [0.1, 0.15) is 176 Å². The fourth-order valence-electron chi connectivity index (χ4n) is 6.73. The van der Waals surface area contributed by atoms with Crippen molar-refractivity contribution in [3.8, 4) is 0 Å². The van der Waals surface area contributed by atoms with Crippen molar-refractivity contribution in [2.45, 2.75) is 235 Å². The lowest BCUT2D eigenvalue weighted by molar-refractivity contribution is -0.262. The molecule has 1 aliphatic heterocycles. The minimum absolute atomic E-state index is 0.0145. The van der Waals surface area contributed by atoms with Crippen molar-refractivity contribution in [1.29, 1.82) is 0 Å². The number of hydrogen-bond acceptors (Lipinski definition) is 8. The number of hydrogen-bond donors (Lipinski definition) is 2. The predicted molar refractivity (Wildman–Crippen MR) is 249 cm³/mol. The van der Waals surface area contributed by atoms with Crippen molar-refractivity contribution in [1.82, 2.24) is 5.32 Å². The Morgan fingerprint density at radius 2 is 1.37 bits per heavy atom. The average molecular weight is 916 g/mol. The maximum absolute atomic E-state index is 13.0. The van der Waals surface area contributed by atoms with E-state index < -0.39 is 55.5 Å². The van der Waals surface area contributed by atoms with Gasteiger partial charge in [-0.1, -0.05) is 178 Å². The van der Waals surface area contributed by atoms with Crippen LogP contribution in [0.5, 0.6) is 0 Å². The van der Waals surface area contributed by atoms with Gasteiger partial charge in [-0.25, -0.2) is 4.79 Å². The number of aliphatic hydroxyl groups excluding tert-OH is 1. The number of allylic oxidation sites excluding steroid dienone is 3. The van der Waals surface area contributed by atoms with Crippen molar-refractivity contribution in [2.75, 3.05) is 26.4 Å². The Labute approximate surface area is 376 Å². The summed E-state index contributed by atoms with van der Waals surface area (Å²) in [7, 11) is -2.20. The zero-order valence-corrected chi connectivity index (χ0v) is 41.7. The summed E-state index contributed by atoms with van der Waals surface area (Å²) in [5.74, 6) is 0. The first kappa shape index (κ1) is 56.5. The third kappa shape index (κ3) is 27.3. The average Bonchev–Trinajstić information content (AvgIpc) is 3.17. The number of rotatable bonds is 34. The molecule has 348 valence electrons. The van der Waals surface area contributed by atoms with Gasteiger partial charge in [0.1, 0.15) is 31.0 Å². The van der Waals surface area contributed by atoms with Crippen LogP contribution in [-0.2, 0) is 28.1 Å². The van der Waals surface area contributed by atoms with Gasteiger partial charge in [-0.3, -0.25) is 0 Å². The highest BCUT2D eigenvalue weighted by Gasteiger charge is 2.49. The molecule has 9 nitrogen and oxygen atoms in total. The van der Waals surface area contributed by atoms with E-state index in [0.717, 1.165) is 32.1 Å². The third-order valence-electron chi connectivity index (χ3n) is 11.5. The van der Waals surface area contributed by atoms with E-state index in [0.29, 0.717) is 19.6 Å². The summed E-state index contributed by atoms with van der Waals surface area (Å²) in [5, 5.41) is 14.5. The van der Waals surface area contributed by atoms with Gasteiger partial charge in [0.2, 0.25) is 10.1 Å². The molecule has 13 heteroatoms. The molecule has 6 atom stereocenters. The van der Waals surface area contributed by atoms with Crippen molar-refractivity contribution in [3.05, 3.63) is 24.5 Å². The highest BCUT2D eigenvalue weighted by atomic mass is 35.6. The Morgan fingerprint density at radius 1 is 0.814 bits per heavy atom. The van der Waals surface area contributed by atoms with Crippen LogP contribution in [0.3, 0.4) is 0 Å². The second-order valence-electron chi connectivity index (χ2n) is 17.8. The van der Waals surface area contributed by atoms with E-state index in [9.17, 15) is 9.90 Å². The molecule has 1 heterocycles. The number of amides is 1. The van der Waals surface area contributed by atoms with Gasteiger partial charge in [-0.15, -0.1) is 0 Å². The second-order valence-corrected chi connectivity index (χ2v) is 25.2. The molecule has 1 saturated heterocycles. The molecule has 0 radical (unpaired) electrons. The van der Waals surface area contributed by atoms with Crippen LogP contribution in [0.4, 0.5) is 4.79 Å². The first-order valence-corrected chi connectivity index (χ1v) is 27.2. The first-order valence-electron chi connectivity index (χ1n) is 23.2. The van der Waals surface area contributed by atoms with Gasteiger partial charge in [0.15, 0.2) is 8.32 Å². The van der Waals surface area contributed by atoms with Crippen molar-refractivity contribution in [3.63, 3.8) is 0 Å². The highest BCUT2D eigenvalue weighted by Crippen LogP contribution is 2.37. The monoisotopic (exact) mass is 914 g/mol. The Morgan fingerprint density at radius 3 is 1.95 bits per heavy atom. The lowest BCUT2D eigenvalue weighted by Gasteiger charge is -2.45. The van der Waals surface area contributed by atoms with Crippen molar-refractivity contribution >= 4 is 49.2 Å². The summed E-state index contributed by atoms with van der Waals surface area (Å²) in [6.07, 6.45) is 28.3. The van der Waals surface area contributed by atoms with E-state index in [2.05, 4.69) is 65.2 Å². The summed E-state index contributed by atoms with van der Waals surface area (Å²) in [6, 6.07) is -0.958. The minimum Gasteiger partial charge on any atom is -0.471 e. The van der Waals surface area contributed by atoms with E-state index in [1.807, 2.05) is 6.92 Å². The van der Waals surface area contributed by atoms with Crippen LogP contribution in [0.25, 0.3) is 0 Å². The van der Waals surface area contributed by atoms with E-state index in [1.165, 1.54) is 103 Å². The number of halogens is 3. The molecular weight excluding hydrogens is 829 g/mol. The van der Waals surface area contributed by atoms with Crippen molar-refractivity contribution < 1.29 is 38.0 Å². The largest absolute Gasteiger partial charge is 0.471 e. The molecule has 1 rings (SSSR count). The van der Waals surface area contributed by atoms with Gasteiger partial charge >= 0.3 is 6.09 Å². The maximum atomic E-state index is 13.0. The molecule has 1 fully saturated rings. The van der Waals surface area contributed by atoms with E-state index in [-0.39, 0.29) is 17.7 Å². The molecule has 0 spiro atoms. The number of unbranched alkanes of at least 4 members (excludes halogenated alkanes) is 16. The number of ether oxygens (including phenoxy) is 5. The Kier molecular flexibility index (Phi) is 31.6. The molecule has 0 aromatic rings. The normalized spacial score (nSPS) is 21.1. The van der Waals surface area contributed by atoms with Crippen LogP contribution in [-0.4, -0.2) is 86.5 Å². The van der Waals surface area contributed by atoms with E-state index in [4.69, 9.17) is 62.9 Å². The summed E-state index contributed by atoms with van der Waals surface area (Å²) in [6.45, 7) is 17.8. The zero-order chi connectivity index (χ0) is 44.0. The van der Waals surface area contributed by atoms with Crippen LogP contribution < -0.4 is 5.32 Å². The predicted octanol–water partition coefficient (Wildman–Crippen LogP) is 13.7. The molecule has 0 aliphatic carbocycles. The number of aliphatic hydroxyl groups is 1. The van der Waals surface area contributed by atoms with Crippen LogP contribution in [0.15, 0.2) is 24.5 Å². The molecule has 59 heavy (non-hydrogen) atoms. The quantitative estimate of drug-likeness (QED) is 0.0216. The number of nitrogens with one attached hydrogen (secondary N) is 1. The topological polar surface area (TPSA) is 105 Å². The Balaban J connectivity index is 3.00. The number of carbonyl (C=O) groups excluding carboxylic acids is 1. The number of alkyl halides is 3. The van der Waals surface area contributed by atoms with Gasteiger partial charge in [0.05, 0.1) is 19.0 Å². The van der Waals surface area contributed by atoms with E-state index >= 15 is 0 Å². The maximum Gasteiger partial charge on any atom is 0.407 e. The SMILES string of the molecule is CC=CO[C@@H]1O[C@H](CO[Si](C)(C)C(C)(C)C)[C@@H](O)[C@H](OCC[C@@H](CCCCCCCCCCC)OCCCCCC/C=C\CCCCCC)[C@H]1NC(=O)OCC(Cl)(Cl)Cl. The molecule has 1 aliphatic rings. The summed E-state index contributed by atoms with van der Waals surface area (Å²) >= 11 is 17.6. The summed E-state index contributed by atoms with van der Waals surface area (Å²) in [4.78, 5) is 13.0. The van der Waals surface area contributed by atoms with E-state index in [1.54, 1.807) is 6.08 Å². The molecule has 0 aromatic carbocycles. The van der Waals surface area contributed by atoms with Crippen LogP contribution in [0.2, 0.25) is 18.1 Å². The Bertz CT molecular complexity index is 1100. The number of alkyl carbamates (subject to hydrolysis) is 1.